The summed E-state index contributed by atoms with van der Waals surface area (Å²) in [6.45, 7) is 5.35. The van der Waals surface area contributed by atoms with Crippen molar-refractivity contribution in [3.63, 3.8) is 0 Å². The van der Waals surface area contributed by atoms with E-state index in [2.05, 4.69) is 5.32 Å². The van der Waals surface area contributed by atoms with Gasteiger partial charge in [0, 0.05) is 19.0 Å². The minimum atomic E-state index is -3.95. The molecule has 0 aliphatic carbocycles. The Labute approximate surface area is 247 Å². The molecule has 0 heterocycles. The summed E-state index contributed by atoms with van der Waals surface area (Å²) in [5.41, 5.74) is 2.77. The average molecular weight is 605 g/mol. The highest BCUT2D eigenvalue weighted by Gasteiger charge is 2.34. The molecule has 0 saturated heterocycles. The molecule has 0 fully saturated rings. The van der Waals surface area contributed by atoms with Gasteiger partial charge in [-0.25, -0.2) is 8.42 Å². The molecule has 0 spiro atoms. The number of carbonyl (C=O) groups is 2. The zero-order chi connectivity index (χ0) is 29.4. The molecule has 214 valence electrons. The predicted octanol–water partition coefficient (Wildman–Crippen LogP) is 5.62. The van der Waals surface area contributed by atoms with Crippen molar-refractivity contribution in [2.24, 2.45) is 0 Å². The number of carbonyl (C=O) groups excluding carboxylic acids is 2. The molecule has 3 aromatic rings. The van der Waals surface area contributed by atoms with Gasteiger partial charge in [0.2, 0.25) is 21.8 Å². The van der Waals surface area contributed by atoms with Gasteiger partial charge in [0.25, 0.3) is 0 Å². The second-order valence-corrected chi connectivity index (χ2v) is 12.6. The van der Waals surface area contributed by atoms with Gasteiger partial charge in [-0.05, 0) is 43.5 Å². The van der Waals surface area contributed by atoms with Crippen LogP contribution in [0.4, 0.5) is 5.69 Å². The van der Waals surface area contributed by atoms with Crippen LogP contribution < -0.4 is 9.62 Å². The molecule has 0 saturated carbocycles. The third kappa shape index (κ3) is 8.46. The number of rotatable bonds is 12. The Hall–Kier alpha value is -3.07. The number of amides is 2. The van der Waals surface area contributed by atoms with Crippen molar-refractivity contribution < 1.29 is 18.0 Å². The molecule has 0 unspecified atom stereocenters. The zero-order valence-electron chi connectivity index (χ0n) is 23.1. The first-order valence-corrected chi connectivity index (χ1v) is 15.6. The van der Waals surface area contributed by atoms with Crippen molar-refractivity contribution in [3.05, 3.63) is 99.5 Å². The van der Waals surface area contributed by atoms with Gasteiger partial charge >= 0.3 is 0 Å². The first-order valence-electron chi connectivity index (χ1n) is 13.0. The van der Waals surface area contributed by atoms with Gasteiger partial charge in [0.1, 0.15) is 12.6 Å². The van der Waals surface area contributed by atoms with Crippen molar-refractivity contribution in [3.8, 4) is 0 Å². The molecule has 0 radical (unpaired) electrons. The summed E-state index contributed by atoms with van der Waals surface area (Å²) in [5.74, 6) is -0.867. The van der Waals surface area contributed by atoms with Crippen LogP contribution in [-0.2, 0) is 32.6 Å². The van der Waals surface area contributed by atoms with Gasteiger partial charge < -0.3 is 10.2 Å². The molecule has 1 N–H and O–H groups in total. The third-order valence-electron chi connectivity index (χ3n) is 6.59. The van der Waals surface area contributed by atoms with Crippen LogP contribution in [0.3, 0.4) is 0 Å². The van der Waals surface area contributed by atoms with E-state index in [1.807, 2.05) is 75.4 Å². The predicted molar refractivity (Wildman–Crippen MR) is 162 cm³/mol. The van der Waals surface area contributed by atoms with E-state index < -0.39 is 28.5 Å². The third-order valence-corrected chi connectivity index (χ3v) is 8.52. The Balaban J connectivity index is 2.09. The molecular formula is C30H35Cl2N3O4S. The molecule has 7 nitrogen and oxygen atoms in total. The second-order valence-electron chi connectivity index (χ2n) is 9.88. The smallest absolute Gasteiger partial charge is 0.244 e. The fourth-order valence-electron chi connectivity index (χ4n) is 4.28. The lowest BCUT2D eigenvalue weighted by atomic mass is 10.0. The number of hydrogen-bond acceptors (Lipinski definition) is 4. The quantitative estimate of drug-likeness (QED) is 0.291. The maximum Gasteiger partial charge on any atom is 0.244 e. The van der Waals surface area contributed by atoms with Crippen molar-refractivity contribution in [2.75, 3.05) is 17.1 Å². The van der Waals surface area contributed by atoms with Crippen molar-refractivity contribution in [1.29, 1.82) is 0 Å². The topological polar surface area (TPSA) is 86.8 Å². The Kier molecular flexibility index (Phi) is 11.0. The Morgan fingerprint density at radius 1 is 0.950 bits per heavy atom. The maximum atomic E-state index is 14.1. The highest BCUT2D eigenvalue weighted by Crippen LogP contribution is 2.34. The minimum absolute atomic E-state index is 0.0166. The Morgan fingerprint density at radius 3 is 2.23 bits per heavy atom. The molecule has 3 rings (SSSR count). The molecule has 10 heteroatoms. The van der Waals surface area contributed by atoms with Crippen LogP contribution in [0.1, 0.15) is 37.0 Å². The van der Waals surface area contributed by atoms with E-state index >= 15 is 0 Å². The minimum Gasteiger partial charge on any atom is -0.352 e. The summed E-state index contributed by atoms with van der Waals surface area (Å²) in [5, 5.41) is 3.19. The van der Waals surface area contributed by atoms with E-state index in [0.29, 0.717) is 6.42 Å². The first kappa shape index (κ1) is 31.5. The van der Waals surface area contributed by atoms with Gasteiger partial charge in [-0.2, -0.15) is 0 Å². The van der Waals surface area contributed by atoms with Crippen LogP contribution in [0, 0.1) is 6.92 Å². The summed E-state index contributed by atoms with van der Waals surface area (Å²) < 4.78 is 26.7. The molecule has 0 aliphatic rings. The van der Waals surface area contributed by atoms with Gasteiger partial charge in [0.15, 0.2) is 0 Å². The van der Waals surface area contributed by atoms with Crippen LogP contribution in [0.25, 0.3) is 0 Å². The monoisotopic (exact) mass is 603 g/mol. The lowest BCUT2D eigenvalue weighted by molar-refractivity contribution is -0.140. The summed E-state index contributed by atoms with van der Waals surface area (Å²) in [4.78, 5) is 29.3. The highest BCUT2D eigenvalue weighted by molar-refractivity contribution is 7.92. The number of sulfonamides is 1. The highest BCUT2D eigenvalue weighted by atomic mass is 35.5. The first-order chi connectivity index (χ1) is 18.9. The van der Waals surface area contributed by atoms with E-state index in [1.165, 1.54) is 17.0 Å². The fraction of sp³-hybridized carbons (Fsp3) is 0.333. The molecule has 3 aromatic carbocycles. The van der Waals surface area contributed by atoms with E-state index in [0.717, 1.165) is 27.3 Å². The summed E-state index contributed by atoms with van der Waals surface area (Å²) in [6, 6.07) is 20.6. The van der Waals surface area contributed by atoms with E-state index in [-0.39, 0.29) is 40.6 Å². The van der Waals surface area contributed by atoms with Gasteiger partial charge in [-0.3, -0.25) is 13.9 Å². The van der Waals surface area contributed by atoms with E-state index in [9.17, 15) is 18.0 Å². The number of hydrogen-bond donors (Lipinski definition) is 1. The molecule has 0 aliphatic heterocycles. The Morgan fingerprint density at radius 2 is 1.60 bits per heavy atom. The van der Waals surface area contributed by atoms with Crippen LogP contribution in [0.15, 0.2) is 72.8 Å². The summed E-state index contributed by atoms with van der Waals surface area (Å²) in [7, 11) is -3.95. The average Bonchev–Trinajstić information content (AvgIpc) is 2.90. The standard InChI is InChI=1S/C30H35Cl2N3O4S/c1-5-22(3)33-30(37)27(18-23-12-7-6-8-13-23)34(19-24-14-9-11-21(2)17-24)28(36)20-35(40(4,38)39)26-16-10-15-25(31)29(26)32/h6-17,22,27H,5,18-20H2,1-4H3,(H,33,37)/t22-,27+/m0/s1. The molecule has 40 heavy (non-hydrogen) atoms. The number of nitrogens with one attached hydrogen (secondary N) is 1. The van der Waals surface area contributed by atoms with Crippen LogP contribution in [-0.4, -0.2) is 50.0 Å². The SMILES string of the molecule is CC[C@H](C)NC(=O)[C@@H](Cc1ccccc1)N(Cc1cccc(C)c1)C(=O)CN(c1cccc(Cl)c1Cl)S(C)(=O)=O. The maximum absolute atomic E-state index is 14.1. The molecule has 2 amide bonds. The van der Waals surface area contributed by atoms with E-state index in [1.54, 1.807) is 6.07 Å². The molecule has 0 bridgehead atoms. The van der Waals surface area contributed by atoms with Crippen molar-refractivity contribution in [2.45, 2.75) is 52.2 Å². The number of halogens is 2. The Bertz CT molecular complexity index is 1430. The summed E-state index contributed by atoms with van der Waals surface area (Å²) in [6.07, 6.45) is 1.96. The molecule has 0 aromatic heterocycles. The van der Waals surface area contributed by atoms with Crippen LogP contribution in [0.2, 0.25) is 10.0 Å². The second kappa shape index (κ2) is 14.0. The van der Waals surface area contributed by atoms with Crippen molar-refractivity contribution >= 4 is 50.7 Å². The fourth-order valence-corrected chi connectivity index (χ4v) is 5.58. The lowest BCUT2D eigenvalue weighted by Gasteiger charge is -2.34. The number of anilines is 1. The van der Waals surface area contributed by atoms with E-state index in [4.69, 9.17) is 23.2 Å². The largest absolute Gasteiger partial charge is 0.352 e. The summed E-state index contributed by atoms with van der Waals surface area (Å²) >= 11 is 12.5. The normalized spacial score (nSPS) is 12.8. The number of benzene rings is 3. The lowest BCUT2D eigenvalue weighted by Crippen LogP contribution is -2.54. The van der Waals surface area contributed by atoms with Crippen LogP contribution in [0.5, 0.6) is 0 Å². The van der Waals surface area contributed by atoms with Gasteiger partial charge in [-0.15, -0.1) is 0 Å². The van der Waals surface area contributed by atoms with Gasteiger partial charge in [-0.1, -0.05) is 96.4 Å². The zero-order valence-corrected chi connectivity index (χ0v) is 25.4. The van der Waals surface area contributed by atoms with Crippen molar-refractivity contribution in [1.82, 2.24) is 10.2 Å². The van der Waals surface area contributed by atoms with Gasteiger partial charge in [0.05, 0.1) is 22.0 Å². The number of nitrogens with zero attached hydrogens (tertiary/aromatic N) is 2. The van der Waals surface area contributed by atoms with Crippen LogP contribution >= 0.6 is 23.2 Å². The molecular weight excluding hydrogens is 569 g/mol. The molecule has 2 atom stereocenters. The number of aryl methyl sites for hydroxylation is 1.